The molecule has 0 unspecified atom stereocenters. The second-order valence-electron chi connectivity index (χ2n) is 7.90. The van der Waals surface area contributed by atoms with Gasteiger partial charge in [0.05, 0.1) is 12.3 Å². The van der Waals surface area contributed by atoms with Crippen molar-refractivity contribution < 1.29 is 18.3 Å². The van der Waals surface area contributed by atoms with Gasteiger partial charge < -0.3 is 10.1 Å². The summed E-state index contributed by atoms with van der Waals surface area (Å²) < 4.78 is 34.8. The molecule has 1 aliphatic rings. The molecule has 0 bridgehead atoms. The molecule has 0 aromatic carbocycles. The number of rotatable bonds is 7. The fourth-order valence-electron chi connectivity index (χ4n) is 4.07. The van der Waals surface area contributed by atoms with Crippen molar-refractivity contribution in [3.05, 3.63) is 59.2 Å². The van der Waals surface area contributed by atoms with E-state index in [4.69, 9.17) is 4.74 Å². The van der Waals surface area contributed by atoms with E-state index in [1.165, 1.54) is 29.7 Å². The topological polar surface area (TPSA) is 94.3 Å². The Kier molecular flexibility index (Phi) is 5.49. The first-order chi connectivity index (χ1) is 16.0. The van der Waals surface area contributed by atoms with Gasteiger partial charge in [0, 0.05) is 29.7 Å². The molecule has 4 heterocycles. The van der Waals surface area contributed by atoms with E-state index in [9.17, 15) is 13.6 Å². The van der Waals surface area contributed by atoms with E-state index < -0.39 is 23.4 Å². The maximum absolute atomic E-state index is 14.3. The zero-order chi connectivity index (χ0) is 23.0. The van der Waals surface area contributed by atoms with Crippen LogP contribution in [-0.2, 0) is 10.2 Å². The Morgan fingerprint density at radius 2 is 2.15 bits per heavy atom. The summed E-state index contributed by atoms with van der Waals surface area (Å²) in [6.45, 7) is 2.33. The van der Waals surface area contributed by atoms with Crippen molar-refractivity contribution in [1.82, 2.24) is 24.6 Å². The smallest absolute Gasteiger partial charge is 0.356 e. The molecular formula is C22H20F2N6O2S. The lowest BCUT2D eigenvalue weighted by molar-refractivity contribution is 0.0518. The average Bonchev–Trinajstić information content (AvgIpc) is 3.38. The summed E-state index contributed by atoms with van der Waals surface area (Å²) in [4.78, 5) is 21.4. The molecule has 1 saturated carbocycles. The van der Waals surface area contributed by atoms with Crippen LogP contribution in [0, 0.1) is 5.82 Å². The molecule has 11 heteroatoms. The number of anilines is 1. The second kappa shape index (κ2) is 8.47. The number of esters is 1. The van der Waals surface area contributed by atoms with Gasteiger partial charge in [-0.1, -0.05) is 0 Å². The van der Waals surface area contributed by atoms with Gasteiger partial charge in [-0.25, -0.2) is 18.6 Å². The summed E-state index contributed by atoms with van der Waals surface area (Å²) in [5.74, 6) is -0.373. The number of halogens is 2. The van der Waals surface area contributed by atoms with Crippen LogP contribution < -0.4 is 5.32 Å². The van der Waals surface area contributed by atoms with E-state index in [1.807, 2.05) is 0 Å². The molecule has 1 fully saturated rings. The molecule has 0 spiro atoms. The molecule has 33 heavy (non-hydrogen) atoms. The van der Waals surface area contributed by atoms with Crippen molar-refractivity contribution in [2.24, 2.45) is 0 Å². The Bertz CT molecular complexity index is 1300. The van der Waals surface area contributed by atoms with Crippen molar-refractivity contribution >= 4 is 28.1 Å². The number of hydrogen-bond donors (Lipinski definition) is 1. The lowest BCUT2D eigenvalue weighted by atomic mass is 9.65. The van der Waals surface area contributed by atoms with Crippen LogP contribution in [0.15, 0.2) is 42.0 Å². The molecule has 4 aromatic heterocycles. The summed E-state index contributed by atoms with van der Waals surface area (Å²) in [7, 11) is 0. The van der Waals surface area contributed by atoms with Crippen LogP contribution in [0.25, 0.3) is 16.3 Å². The van der Waals surface area contributed by atoms with Gasteiger partial charge in [-0.15, -0.1) is 21.5 Å². The molecule has 5 rings (SSSR count). The molecule has 0 saturated heterocycles. The van der Waals surface area contributed by atoms with E-state index in [0.29, 0.717) is 34.4 Å². The number of nitrogens with one attached hydrogen (secondary N) is 1. The number of carbonyl (C=O) groups excluding carboxylic acids is 1. The largest absolute Gasteiger partial charge is 0.461 e. The average molecular weight is 471 g/mol. The Balaban J connectivity index is 1.32. The standard InChI is InChI=1S/C22H20F2N6O2S/c1-2-32-20(31)17-11-33-21-27-16(10-30(17)21)15-5-6-18(29-28-15)26-12-22(8-13(23)9-22)19-14(24)4-3-7-25-19/h3-7,10-11,13H,2,8-9,12H2,1H3,(H,26,29). The van der Waals surface area contributed by atoms with Gasteiger partial charge in [0.1, 0.15) is 34.9 Å². The lowest BCUT2D eigenvalue weighted by Crippen LogP contribution is -2.49. The first-order valence-corrected chi connectivity index (χ1v) is 11.3. The van der Waals surface area contributed by atoms with Crippen LogP contribution in [0.5, 0.6) is 0 Å². The predicted molar refractivity (Wildman–Crippen MR) is 119 cm³/mol. The van der Waals surface area contributed by atoms with E-state index in [2.05, 4.69) is 25.5 Å². The highest BCUT2D eigenvalue weighted by Gasteiger charge is 2.48. The summed E-state index contributed by atoms with van der Waals surface area (Å²) in [5.41, 5.74) is 1.05. The van der Waals surface area contributed by atoms with Crippen LogP contribution in [0.1, 0.15) is 35.9 Å². The second-order valence-corrected chi connectivity index (χ2v) is 8.73. The molecule has 1 N–H and O–H groups in total. The van der Waals surface area contributed by atoms with Crippen molar-refractivity contribution in [2.45, 2.75) is 31.4 Å². The molecule has 0 atom stereocenters. The minimum atomic E-state index is -0.976. The first kappa shape index (κ1) is 21.4. The van der Waals surface area contributed by atoms with Gasteiger partial charge in [0.15, 0.2) is 4.96 Å². The minimum Gasteiger partial charge on any atom is -0.461 e. The summed E-state index contributed by atoms with van der Waals surface area (Å²) in [6.07, 6.45) is 2.66. The third kappa shape index (κ3) is 3.92. The zero-order valence-corrected chi connectivity index (χ0v) is 18.5. The van der Waals surface area contributed by atoms with Crippen molar-refractivity contribution in [2.75, 3.05) is 18.5 Å². The molecular weight excluding hydrogens is 450 g/mol. The van der Waals surface area contributed by atoms with Gasteiger partial charge in [-0.05, 0) is 44.0 Å². The van der Waals surface area contributed by atoms with Gasteiger partial charge in [0.2, 0.25) is 0 Å². The zero-order valence-electron chi connectivity index (χ0n) is 17.7. The van der Waals surface area contributed by atoms with E-state index >= 15 is 0 Å². The van der Waals surface area contributed by atoms with Crippen LogP contribution in [-0.4, -0.2) is 49.9 Å². The monoisotopic (exact) mass is 470 g/mol. The van der Waals surface area contributed by atoms with Gasteiger partial charge >= 0.3 is 5.97 Å². The van der Waals surface area contributed by atoms with Crippen molar-refractivity contribution in [1.29, 1.82) is 0 Å². The van der Waals surface area contributed by atoms with Gasteiger partial charge in [-0.2, -0.15) is 0 Å². The number of carbonyl (C=O) groups is 1. The molecule has 170 valence electrons. The van der Waals surface area contributed by atoms with Crippen LogP contribution in [0.2, 0.25) is 0 Å². The minimum absolute atomic E-state index is 0.202. The van der Waals surface area contributed by atoms with Crippen LogP contribution in [0.3, 0.4) is 0 Å². The third-order valence-corrected chi connectivity index (χ3v) is 6.55. The third-order valence-electron chi connectivity index (χ3n) is 5.71. The maximum atomic E-state index is 14.3. The number of hydrogen-bond acceptors (Lipinski definition) is 8. The number of fused-ring (bicyclic) bond motifs is 1. The number of ether oxygens (including phenoxy) is 1. The summed E-state index contributed by atoms with van der Waals surface area (Å²) in [5, 5.41) is 13.2. The molecule has 0 aliphatic heterocycles. The highest BCUT2D eigenvalue weighted by molar-refractivity contribution is 7.15. The molecule has 0 radical (unpaired) electrons. The number of alkyl halides is 1. The van der Waals surface area contributed by atoms with Crippen molar-refractivity contribution in [3.8, 4) is 11.4 Å². The SMILES string of the molecule is CCOC(=O)c1csc2nc(-c3ccc(NCC4(c5ncccc5F)CC(F)C4)nn3)cn12. The highest BCUT2D eigenvalue weighted by Crippen LogP contribution is 2.45. The molecule has 0 amide bonds. The lowest BCUT2D eigenvalue weighted by Gasteiger charge is -2.43. The fraction of sp³-hybridized carbons (Fsp3) is 0.318. The highest BCUT2D eigenvalue weighted by atomic mass is 32.1. The van der Waals surface area contributed by atoms with E-state index in [0.717, 1.165) is 0 Å². The number of nitrogens with zero attached hydrogens (tertiary/aromatic N) is 5. The van der Waals surface area contributed by atoms with Gasteiger partial charge in [-0.3, -0.25) is 9.38 Å². The van der Waals surface area contributed by atoms with Crippen LogP contribution >= 0.6 is 11.3 Å². The predicted octanol–water partition coefficient (Wildman–Crippen LogP) is 4.05. The van der Waals surface area contributed by atoms with Crippen LogP contribution in [0.4, 0.5) is 14.6 Å². The molecule has 8 nitrogen and oxygen atoms in total. The first-order valence-electron chi connectivity index (χ1n) is 10.5. The normalized spacial score (nSPS) is 19.9. The summed E-state index contributed by atoms with van der Waals surface area (Å²) in [6, 6.07) is 6.34. The molecule has 4 aromatic rings. The maximum Gasteiger partial charge on any atom is 0.356 e. The quantitative estimate of drug-likeness (QED) is 0.407. The fourth-order valence-corrected chi connectivity index (χ4v) is 4.91. The van der Waals surface area contributed by atoms with E-state index in [1.54, 1.807) is 35.0 Å². The van der Waals surface area contributed by atoms with Gasteiger partial charge in [0.25, 0.3) is 0 Å². The molecule has 1 aliphatic carbocycles. The Morgan fingerprint density at radius 3 is 2.85 bits per heavy atom. The Labute approximate surface area is 191 Å². The summed E-state index contributed by atoms with van der Waals surface area (Å²) >= 11 is 1.33. The Morgan fingerprint density at radius 1 is 1.30 bits per heavy atom. The Hall–Kier alpha value is -3.47. The number of aromatic nitrogens is 5. The van der Waals surface area contributed by atoms with Crippen molar-refractivity contribution in [3.63, 3.8) is 0 Å². The number of thiazole rings is 1. The number of imidazole rings is 1. The number of pyridine rings is 1. The van der Waals surface area contributed by atoms with E-state index in [-0.39, 0.29) is 25.1 Å².